The van der Waals surface area contributed by atoms with Crippen molar-refractivity contribution < 1.29 is 19.1 Å². The third kappa shape index (κ3) is 2.80. The summed E-state index contributed by atoms with van der Waals surface area (Å²) in [6.45, 7) is 1.48. The highest BCUT2D eigenvalue weighted by Crippen LogP contribution is 2.20. The van der Waals surface area contributed by atoms with Crippen molar-refractivity contribution in [2.45, 2.75) is 12.4 Å². The number of carbonyl (C=O) groups excluding carboxylic acids is 2. The Kier molecular flexibility index (Phi) is 2.76. The molecular weight excluding hydrogens is 168 g/mol. The summed E-state index contributed by atoms with van der Waals surface area (Å²) in [4.78, 5) is 20.8. The molecule has 62 valence electrons. The van der Waals surface area contributed by atoms with Gasteiger partial charge in [0.2, 0.25) is 0 Å². The quantitative estimate of drug-likeness (QED) is 0.561. The second-order valence-electron chi connectivity index (χ2n) is 2.03. The molecule has 0 N–H and O–H groups in total. The molecule has 4 nitrogen and oxygen atoms in total. The number of ether oxygens (including phenoxy) is 2. The standard InChI is InChI=1S/C6H8O4S/c1-4(7)9-2-6-10-5(8)3-11-6/h6H,2-3H2,1H3. The van der Waals surface area contributed by atoms with Gasteiger partial charge in [-0.2, -0.15) is 0 Å². The number of rotatable bonds is 2. The van der Waals surface area contributed by atoms with Crippen LogP contribution in [-0.2, 0) is 19.1 Å². The zero-order chi connectivity index (χ0) is 8.27. The maximum absolute atomic E-state index is 10.5. The molecule has 0 aromatic heterocycles. The van der Waals surface area contributed by atoms with Crippen LogP contribution < -0.4 is 0 Å². The molecule has 1 unspecified atom stereocenters. The smallest absolute Gasteiger partial charge is 0.317 e. The Morgan fingerprint density at radius 3 is 3.09 bits per heavy atom. The molecule has 1 heterocycles. The predicted molar refractivity (Wildman–Crippen MR) is 39.0 cm³/mol. The van der Waals surface area contributed by atoms with Crippen LogP contribution in [0.3, 0.4) is 0 Å². The largest absolute Gasteiger partial charge is 0.461 e. The fourth-order valence-corrected chi connectivity index (χ4v) is 1.37. The van der Waals surface area contributed by atoms with Crippen molar-refractivity contribution >= 4 is 23.7 Å². The zero-order valence-electron chi connectivity index (χ0n) is 6.03. The van der Waals surface area contributed by atoms with Crippen molar-refractivity contribution in [2.75, 3.05) is 12.4 Å². The van der Waals surface area contributed by atoms with Gasteiger partial charge in [0.25, 0.3) is 0 Å². The predicted octanol–water partition coefficient (Wildman–Crippen LogP) is 0.166. The molecule has 0 spiro atoms. The second kappa shape index (κ2) is 3.61. The van der Waals surface area contributed by atoms with E-state index >= 15 is 0 Å². The second-order valence-corrected chi connectivity index (χ2v) is 3.18. The molecule has 1 saturated heterocycles. The first-order chi connectivity index (χ1) is 5.18. The van der Waals surface area contributed by atoms with Gasteiger partial charge in [-0.25, -0.2) is 0 Å². The summed E-state index contributed by atoms with van der Waals surface area (Å²) >= 11 is 1.34. The lowest BCUT2D eigenvalue weighted by Gasteiger charge is -2.06. The van der Waals surface area contributed by atoms with E-state index < -0.39 is 0 Å². The lowest BCUT2D eigenvalue weighted by atomic mass is 10.7. The molecule has 0 aromatic carbocycles. The Balaban J connectivity index is 2.18. The van der Waals surface area contributed by atoms with E-state index in [0.717, 1.165) is 0 Å². The molecule has 1 aliphatic rings. The van der Waals surface area contributed by atoms with Gasteiger partial charge in [-0.3, -0.25) is 9.59 Å². The van der Waals surface area contributed by atoms with E-state index in [1.807, 2.05) is 0 Å². The summed E-state index contributed by atoms with van der Waals surface area (Å²) in [5, 5.41) is 0. The van der Waals surface area contributed by atoms with Gasteiger partial charge in [-0.15, -0.1) is 11.8 Å². The van der Waals surface area contributed by atoms with E-state index in [2.05, 4.69) is 4.74 Å². The lowest BCUT2D eigenvalue weighted by Crippen LogP contribution is -2.14. The molecule has 1 fully saturated rings. The average molecular weight is 176 g/mol. The number of esters is 2. The Hall–Kier alpha value is -0.710. The van der Waals surface area contributed by atoms with Crippen molar-refractivity contribution in [2.24, 2.45) is 0 Å². The molecule has 0 saturated carbocycles. The minimum Gasteiger partial charge on any atom is -0.461 e. The minimum atomic E-state index is -0.353. The van der Waals surface area contributed by atoms with Gasteiger partial charge >= 0.3 is 11.9 Å². The molecule has 5 heteroatoms. The highest BCUT2D eigenvalue weighted by Gasteiger charge is 2.24. The van der Waals surface area contributed by atoms with Gasteiger partial charge in [0.05, 0.1) is 5.75 Å². The molecule has 0 amide bonds. The molecule has 1 atom stereocenters. The summed E-state index contributed by atoms with van der Waals surface area (Å²) in [7, 11) is 0. The van der Waals surface area contributed by atoms with Crippen LogP contribution in [0.25, 0.3) is 0 Å². The highest BCUT2D eigenvalue weighted by atomic mass is 32.2. The summed E-state index contributed by atoms with van der Waals surface area (Å²) in [5.41, 5.74) is -0.300. The Morgan fingerprint density at radius 1 is 1.91 bits per heavy atom. The minimum absolute atomic E-state index is 0.158. The van der Waals surface area contributed by atoms with Gasteiger partial charge in [-0.1, -0.05) is 0 Å². The van der Waals surface area contributed by atoms with E-state index in [0.29, 0.717) is 5.75 Å². The van der Waals surface area contributed by atoms with Crippen molar-refractivity contribution in [1.29, 1.82) is 0 Å². The number of hydrogen-bond acceptors (Lipinski definition) is 5. The highest BCUT2D eigenvalue weighted by molar-refractivity contribution is 8.00. The topological polar surface area (TPSA) is 52.6 Å². The van der Waals surface area contributed by atoms with Crippen LogP contribution in [0.2, 0.25) is 0 Å². The summed E-state index contributed by atoms with van der Waals surface area (Å²) < 4.78 is 9.40. The van der Waals surface area contributed by atoms with Crippen LogP contribution in [-0.4, -0.2) is 29.7 Å². The van der Waals surface area contributed by atoms with Gasteiger partial charge in [0.1, 0.15) is 6.61 Å². The van der Waals surface area contributed by atoms with E-state index in [9.17, 15) is 9.59 Å². The first-order valence-electron chi connectivity index (χ1n) is 3.13. The number of thioether (sulfide) groups is 1. The van der Waals surface area contributed by atoms with Crippen LogP contribution in [0.5, 0.6) is 0 Å². The van der Waals surface area contributed by atoms with Gasteiger partial charge in [-0.05, 0) is 0 Å². The first-order valence-corrected chi connectivity index (χ1v) is 4.18. The molecular formula is C6H8O4S. The molecule has 0 aliphatic carbocycles. The fraction of sp³-hybridized carbons (Fsp3) is 0.667. The number of cyclic esters (lactones) is 1. The third-order valence-electron chi connectivity index (χ3n) is 1.07. The van der Waals surface area contributed by atoms with E-state index in [1.54, 1.807) is 0 Å². The molecule has 0 bridgehead atoms. The van der Waals surface area contributed by atoms with Crippen molar-refractivity contribution in [3.63, 3.8) is 0 Å². The van der Waals surface area contributed by atoms with Gasteiger partial charge in [0.15, 0.2) is 5.44 Å². The molecule has 11 heavy (non-hydrogen) atoms. The monoisotopic (exact) mass is 176 g/mol. The molecule has 1 aliphatic heterocycles. The number of carbonyl (C=O) groups is 2. The lowest BCUT2D eigenvalue weighted by molar-refractivity contribution is -0.149. The maximum Gasteiger partial charge on any atom is 0.317 e. The van der Waals surface area contributed by atoms with E-state index in [-0.39, 0.29) is 24.0 Å². The third-order valence-corrected chi connectivity index (χ3v) is 2.08. The van der Waals surface area contributed by atoms with Crippen LogP contribution in [0.4, 0.5) is 0 Å². The summed E-state index contributed by atoms with van der Waals surface area (Å²) in [5.74, 6) is -0.243. The molecule has 0 aromatic rings. The SMILES string of the molecule is CC(=O)OCC1OC(=O)CS1. The van der Waals surface area contributed by atoms with Gasteiger partial charge < -0.3 is 9.47 Å². The van der Waals surface area contributed by atoms with Crippen LogP contribution >= 0.6 is 11.8 Å². The first kappa shape index (κ1) is 8.39. The summed E-state index contributed by atoms with van der Waals surface area (Å²) in [6.07, 6.45) is 0. The van der Waals surface area contributed by atoms with Crippen molar-refractivity contribution in [3.05, 3.63) is 0 Å². The Labute approximate surface area is 68.2 Å². The van der Waals surface area contributed by atoms with Crippen LogP contribution in [0.1, 0.15) is 6.92 Å². The Morgan fingerprint density at radius 2 is 2.64 bits per heavy atom. The van der Waals surface area contributed by atoms with Crippen molar-refractivity contribution in [3.8, 4) is 0 Å². The van der Waals surface area contributed by atoms with E-state index in [1.165, 1.54) is 18.7 Å². The van der Waals surface area contributed by atoms with Crippen LogP contribution in [0, 0.1) is 0 Å². The normalized spacial score (nSPS) is 23.0. The maximum atomic E-state index is 10.5. The van der Waals surface area contributed by atoms with E-state index in [4.69, 9.17) is 4.74 Å². The Bertz CT molecular complexity index is 179. The molecule has 0 radical (unpaired) electrons. The average Bonchev–Trinajstić information content (AvgIpc) is 2.31. The van der Waals surface area contributed by atoms with Gasteiger partial charge in [0, 0.05) is 6.92 Å². The zero-order valence-corrected chi connectivity index (χ0v) is 6.85. The molecule has 1 rings (SSSR count). The summed E-state index contributed by atoms with van der Waals surface area (Å²) in [6, 6.07) is 0. The number of hydrogen-bond donors (Lipinski definition) is 0. The van der Waals surface area contributed by atoms with Crippen LogP contribution in [0.15, 0.2) is 0 Å². The van der Waals surface area contributed by atoms with Crippen molar-refractivity contribution in [1.82, 2.24) is 0 Å². The fourth-order valence-electron chi connectivity index (χ4n) is 0.643.